The van der Waals surface area contributed by atoms with Crippen LogP contribution < -0.4 is 0 Å². The Hall–Kier alpha value is -0.666. The molecular weight excluding hydrogens is 316 g/mol. The predicted molar refractivity (Wildman–Crippen MR) is 93.2 cm³/mol. The van der Waals surface area contributed by atoms with Gasteiger partial charge in [-0.1, -0.05) is 26.2 Å². The van der Waals surface area contributed by atoms with E-state index in [1.54, 1.807) is 0 Å². The van der Waals surface area contributed by atoms with E-state index in [-0.39, 0.29) is 6.42 Å². The Bertz CT molecular complexity index is 369. The summed E-state index contributed by atoms with van der Waals surface area (Å²) in [5.41, 5.74) is 0. The first-order chi connectivity index (χ1) is 9.99. The minimum atomic E-state index is -1.81. The minimum Gasteiger partial charge on any atom is -0.481 e. The minimum absolute atomic E-state index is 0.297. The van der Waals surface area contributed by atoms with Gasteiger partial charge in [0.25, 0.3) is 0 Å². The van der Waals surface area contributed by atoms with Gasteiger partial charge >= 0.3 is 11.9 Å². The molecule has 130 valence electrons. The maximum atomic E-state index is 11.1. The van der Waals surface area contributed by atoms with E-state index in [4.69, 9.17) is 14.3 Å². The number of carbonyl (C=O) groups is 2. The van der Waals surface area contributed by atoms with Crippen LogP contribution in [0.1, 0.15) is 39.0 Å². The summed E-state index contributed by atoms with van der Waals surface area (Å²) in [6, 6.07) is 2.05. The molecule has 1 atom stereocenters. The van der Waals surface area contributed by atoms with Crippen molar-refractivity contribution in [2.45, 2.75) is 77.3 Å². The van der Waals surface area contributed by atoms with Crippen molar-refractivity contribution in [1.29, 1.82) is 0 Å². The molecule has 0 saturated carbocycles. The summed E-state index contributed by atoms with van der Waals surface area (Å²) in [5.74, 6) is -2.85. The highest BCUT2D eigenvalue weighted by Gasteiger charge is 2.32. The summed E-state index contributed by atoms with van der Waals surface area (Å²) in [5, 5.41) is 17.8. The van der Waals surface area contributed by atoms with Gasteiger partial charge in [-0.25, -0.2) is 0 Å². The van der Waals surface area contributed by atoms with Gasteiger partial charge in [-0.3, -0.25) is 9.59 Å². The van der Waals surface area contributed by atoms with Crippen LogP contribution in [0.2, 0.25) is 38.3 Å². The Morgan fingerprint density at radius 3 is 1.91 bits per heavy atom. The molecule has 22 heavy (non-hydrogen) atoms. The highest BCUT2D eigenvalue weighted by molar-refractivity contribution is 6.84. The highest BCUT2D eigenvalue weighted by Crippen LogP contribution is 2.26. The third kappa shape index (κ3) is 10.1. The van der Waals surface area contributed by atoms with Crippen molar-refractivity contribution in [2.75, 3.05) is 0 Å². The molecule has 0 aromatic rings. The van der Waals surface area contributed by atoms with E-state index in [0.717, 1.165) is 18.5 Å². The smallest absolute Gasteiger partial charge is 0.307 e. The molecule has 0 aliphatic rings. The molecule has 0 spiro atoms. The van der Waals surface area contributed by atoms with Crippen LogP contribution in [0.15, 0.2) is 0 Å². The normalized spacial score (nSPS) is 13.9. The third-order valence-electron chi connectivity index (χ3n) is 3.79. The standard InChI is InChI=1S/C15H32O5Si2/c1-6-7-10-21(2,3)20-22(4,5)11-8-9-13(15(18)19)12-14(16)17/h13H,6-12H2,1-5H3,(H,16,17)(H,18,19). The van der Waals surface area contributed by atoms with Crippen LogP contribution in [-0.4, -0.2) is 38.8 Å². The molecule has 0 aliphatic carbocycles. The lowest BCUT2D eigenvalue weighted by Gasteiger charge is -2.34. The van der Waals surface area contributed by atoms with Gasteiger partial charge in [-0.2, -0.15) is 0 Å². The molecule has 0 aromatic carbocycles. The van der Waals surface area contributed by atoms with Crippen LogP contribution in [0.4, 0.5) is 0 Å². The highest BCUT2D eigenvalue weighted by atomic mass is 28.4. The molecule has 0 bridgehead atoms. The molecule has 2 N–H and O–H groups in total. The molecule has 0 amide bonds. The van der Waals surface area contributed by atoms with Gasteiger partial charge in [-0.15, -0.1) is 0 Å². The quantitative estimate of drug-likeness (QED) is 0.517. The van der Waals surface area contributed by atoms with Crippen LogP contribution in [0.25, 0.3) is 0 Å². The Morgan fingerprint density at radius 1 is 1.00 bits per heavy atom. The van der Waals surface area contributed by atoms with Crippen molar-refractivity contribution in [3.63, 3.8) is 0 Å². The number of carboxylic acids is 2. The largest absolute Gasteiger partial charge is 0.481 e. The Balaban J connectivity index is 4.35. The molecule has 0 radical (unpaired) electrons. The topological polar surface area (TPSA) is 83.8 Å². The van der Waals surface area contributed by atoms with Crippen LogP contribution in [-0.2, 0) is 13.7 Å². The molecule has 0 fully saturated rings. The third-order valence-corrected chi connectivity index (χ3v) is 11.3. The van der Waals surface area contributed by atoms with Crippen LogP contribution >= 0.6 is 0 Å². The van der Waals surface area contributed by atoms with Crippen molar-refractivity contribution in [1.82, 2.24) is 0 Å². The maximum Gasteiger partial charge on any atom is 0.307 e. The Kier molecular flexibility index (Phi) is 9.18. The summed E-state index contributed by atoms with van der Waals surface area (Å²) in [4.78, 5) is 21.7. The summed E-state index contributed by atoms with van der Waals surface area (Å²) >= 11 is 0. The van der Waals surface area contributed by atoms with Gasteiger partial charge in [-0.05, 0) is 44.7 Å². The number of hydrogen-bond donors (Lipinski definition) is 2. The molecule has 1 unspecified atom stereocenters. The summed E-state index contributed by atoms with van der Waals surface area (Å²) < 4.78 is 6.46. The predicted octanol–water partition coefficient (Wildman–Crippen LogP) is 4.17. The zero-order chi connectivity index (χ0) is 17.4. The Labute approximate surface area is 136 Å². The van der Waals surface area contributed by atoms with Gasteiger partial charge in [0, 0.05) is 0 Å². The fraction of sp³-hybridized carbons (Fsp3) is 0.867. The molecule has 0 aromatic heterocycles. The first-order valence-corrected chi connectivity index (χ1v) is 14.4. The molecule has 0 aliphatic heterocycles. The van der Waals surface area contributed by atoms with E-state index in [2.05, 4.69) is 33.1 Å². The lowest BCUT2D eigenvalue weighted by molar-refractivity contribution is -0.148. The van der Waals surface area contributed by atoms with E-state index in [1.807, 2.05) is 0 Å². The zero-order valence-corrected chi connectivity index (χ0v) is 16.6. The second-order valence-corrected chi connectivity index (χ2v) is 16.1. The lowest BCUT2D eigenvalue weighted by atomic mass is 10.0. The van der Waals surface area contributed by atoms with Crippen LogP contribution in [0.3, 0.4) is 0 Å². The van der Waals surface area contributed by atoms with E-state index < -0.39 is 34.5 Å². The van der Waals surface area contributed by atoms with Crippen LogP contribution in [0.5, 0.6) is 0 Å². The fourth-order valence-corrected chi connectivity index (χ4v) is 11.8. The van der Waals surface area contributed by atoms with Crippen molar-refractivity contribution >= 4 is 28.6 Å². The first kappa shape index (κ1) is 21.3. The molecule has 5 nitrogen and oxygen atoms in total. The number of aliphatic carboxylic acids is 2. The van der Waals surface area contributed by atoms with Crippen molar-refractivity contribution < 1.29 is 23.9 Å². The molecular formula is C15H32O5Si2. The maximum absolute atomic E-state index is 11.1. The average Bonchev–Trinajstić information content (AvgIpc) is 2.33. The van der Waals surface area contributed by atoms with E-state index in [9.17, 15) is 9.59 Å². The number of rotatable bonds is 12. The van der Waals surface area contributed by atoms with Crippen molar-refractivity contribution in [3.8, 4) is 0 Å². The summed E-state index contributed by atoms with van der Waals surface area (Å²) in [6.07, 6.45) is 3.22. The number of unbranched alkanes of at least 4 members (excludes halogenated alkanes) is 1. The summed E-state index contributed by atoms with van der Waals surface area (Å²) in [6.45, 7) is 11.0. The van der Waals surface area contributed by atoms with E-state index in [0.29, 0.717) is 6.42 Å². The monoisotopic (exact) mass is 348 g/mol. The fourth-order valence-electron chi connectivity index (χ4n) is 2.75. The van der Waals surface area contributed by atoms with E-state index in [1.165, 1.54) is 12.8 Å². The molecule has 7 heteroatoms. The van der Waals surface area contributed by atoms with Gasteiger partial charge in [0.15, 0.2) is 16.6 Å². The van der Waals surface area contributed by atoms with Crippen LogP contribution in [0, 0.1) is 5.92 Å². The van der Waals surface area contributed by atoms with Crippen molar-refractivity contribution in [3.05, 3.63) is 0 Å². The SMILES string of the molecule is CCCC[Si](C)(C)O[Si](C)(C)CCCC(CC(=O)O)C(=O)O. The second kappa shape index (κ2) is 9.47. The van der Waals surface area contributed by atoms with Gasteiger partial charge in [0.1, 0.15) is 0 Å². The second-order valence-electron chi connectivity index (χ2n) is 7.25. The number of hydrogen-bond acceptors (Lipinski definition) is 3. The number of carboxylic acid groups (broad SMARTS) is 2. The van der Waals surface area contributed by atoms with Crippen molar-refractivity contribution in [2.24, 2.45) is 5.92 Å². The van der Waals surface area contributed by atoms with Gasteiger partial charge in [0.2, 0.25) is 0 Å². The Morgan fingerprint density at radius 2 is 1.50 bits per heavy atom. The van der Waals surface area contributed by atoms with Gasteiger partial charge in [0.05, 0.1) is 12.3 Å². The first-order valence-electron chi connectivity index (χ1n) is 8.14. The molecule has 0 heterocycles. The zero-order valence-electron chi connectivity index (χ0n) is 14.6. The summed E-state index contributed by atoms with van der Waals surface area (Å²) in [7, 11) is -3.44. The lowest BCUT2D eigenvalue weighted by Crippen LogP contribution is -2.44. The van der Waals surface area contributed by atoms with Gasteiger partial charge < -0.3 is 14.3 Å². The van der Waals surface area contributed by atoms with E-state index >= 15 is 0 Å². The molecule has 0 rings (SSSR count). The average molecular weight is 349 g/mol. The molecule has 0 saturated heterocycles.